The van der Waals surface area contributed by atoms with Gasteiger partial charge in [-0.25, -0.2) is 4.99 Å². The van der Waals surface area contributed by atoms with E-state index in [-0.39, 0.29) is 29.9 Å². The van der Waals surface area contributed by atoms with Gasteiger partial charge in [-0.15, -0.1) is 24.0 Å². The molecule has 1 aromatic rings. The molecule has 1 aliphatic rings. The first-order valence-electron chi connectivity index (χ1n) is 9.02. The van der Waals surface area contributed by atoms with E-state index in [0.717, 1.165) is 38.4 Å². The van der Waals surface area contributed by atoms with Crippen LogP contribution < -0.4 is 10.6 Å². The van der Waals surface area contributed by atoms with Crippen molar-refractivity contribution in [2.24, 2.45) is 4.99 Å². The Labute approximate surface area is 168 Å². The van der Waals surface area contributed by atoms with Crippen molar-refractivity contribution in [2.45, 2.75) is 59.2 Å². The average molecular weight is 458 g/mol. The number of likely N-dealkylation sites (tertiary alicyclic amines) is 1. The Morgan fingerprint density at radius 3 is 2.48 bits per heavy atom. The molecule has 5 nitrogen and oxygen atoms in total. The van der Waals surface area contributed by atoms with Gasteiger partial charge in [0.05, 0.1) is 6.54 Å². The summed E-state index contributed by atoms with van der Waals surface area (Å²) in [7, 11) is 0. The number of hydrogen-bond acceptors (Lipinski definition) is 2. The molecule has 1 amide bonds. The summed E-state index contributed by atoms with van der Waals surface area (Å²) in [5, 5.41) is 6.67. The van der Waals surface area contributed by atoms with Gasteiger partial charge >= 0.3 is 0 Å². The van der Waals surface area contributed by atoms with Crippen molar-refractivity contribution in [2.75, 3.05) is 13.1 Å². The molecule has 0 bridgehead atoms. The van der Waals surface area contributed by atoms with Crippen LogP contribution in [0.5, 0.6) is 0 Å². The highest BCUT2D eigenvalue weighted by Gasteiger charge is 2.19. The molecule has 140 valence electrons. The van der Waals surface area contributed by atoms with Crippen LogP contribution in [0, 0.1) is 0 Å². The van der Waals surface area contributed by atoms with Gasteiger partial charge in [-0.1, -0.05) is 31.2 Å². The molecule has 1 aliphatic heterocycles. The van der Waals surface area contributed by atoms with Gasteiger partial charge in [0.25, 0.3) is 0 Å². The molecule has 1 fully saturated rings. The van der Waals surface area contributed by atoms with E-state index in [1.807, 2.05) is 4.90 Å². The summed E-state index contributed by atoms with van der Waals surface area (Å²) in [6.45, 7) is 9.49. The maximum Gasteiger partial charge on any atom is 0.222 e. The Balaban J connectivity index is 0.00000312. The lowest BCUT2D eigenvalue weighted by molar-refractivity contribution is -0.128. The van der Waals surface area contributed by atoms with Gasteiger partial charge in [-0.3, -0.25) is 4.79 Å². The predicted molar refractivity (Wildman–Crippen MR) is 114 cm³/mol. The second kappa shape index (κ2) is 11.3. The largest absolute Gasteiger partial charge is 0.357 e. The van der Waals surface area contributed by atoms with Crippen molar-refractivity contribution in [3.63, 3.8) is 0 Å². The molecule has 2 N–H and O–H groups in total. The number of guanidine groups is 1. The van der Waals surface area contributed by atoms with E-state index in [1.54, 1.807) is 0 Å². The van der Waals surface area contributed by atoms with Gasteiger partial charge in [-0.2, -0.15) is 0 Å². The highest BCUT2D eigenvalue weighted by atomic mass is 127. The van der Waals surface area contributed by atoms with Crippen LogP contribution in [0.2, 0.25) is 0 Å². The third kappa shape index (κ3) is 7.22. The summed E-state index contributed by atoms with van der Waals surface area (Å²) < 4.78 is 0. The van der Waals surface area contributed by atoms with Gasteiger partial charge in [0.2, 0.25) is 5.91 Å². The predicted octanol–water partition coefficient (Wildman–Crippen LogP) is 3.28. The molecule has 1 heterocycles. The zero-order valence-electron chi connectivity index (χ0n) is 15.5. The van der Waals surface area contributed by atoms with E-state index in [1.165, 1.54) is 11.1 Å². The molecule has 0 aliphatic carbocycles. The molecule has 25 heavy (non-hydrogen) atoms. The molecule has 0 radical (unpaired) electrons. The van der Waals surface area contributed by atoms with Crippen molar-refractivity contribution in [1.29, 1.82) is 0 Å². The third-order valence-corrected chi connectivity index (χ3v) is 4.33. The second-order valence-electron chi connectivity index (χ2n) is 6.38. The zero-order chi connectivity index (χ0) is 17.4. The van der Waals surface area contributed by atoms with Gasteiger partial charge in [-0.05, 0) is 37.8 Å². The number of carbonyl (C=O) groups is 1. The van der Waals surface area contributed by atoms with Crippen LogP contribution in [-0.2, 0) is 17.9 Å². The summed E-state index contributed by atoms with van der Waals surface area (Å²) in [5.41, 5.74) is 2.36. The molecule has 0 saturated carbocycles. The van der Waals surface area contributed by atoms with E-state index in [2.05, 4.69) is 60.7 Å². The molecule has 6 heteroatoms. The topological polar surface area (TPSA) is 56.7 Å². The molecule has 2 rings (SSSR count). The van der Waals surface area contributed by atoms with Crippen molar-refractivity contribution in [1.82, 2.24) is 15.5 Å². The van der Waals surface area contributed by atoms with Crippen LogP contribution in [0.3, 0.4) is 0 Å². The minimum atomic E-state index is 0. The minimum Gasteiger partial charge on any atom is -0.357 e. The van der Waals surface area contributed by atoms with Crippen LogP contribution >= 0.6 is 24.0 Å². The monoisotopic (exact) mass is 458 g/mol. The fourth-order valence-corrected chi connectivity index (χ4v) is 2.67. The zero-order valence-corrected chi connectivity index (χ0v) is 17.9. The lowest BCUT2D eigenvalue weighted by atomic mass is 10.1. The molecular formula is C19H31IN4O. The van der Waals surface area contributed by atoms with Crippen molar-refractivity contribution < 1.29 is 4.79 Å². The Morgan fingerprint density at radius 1 is 1.24 bits per heavy atom. The van der Waals surface area contributed by atoms with E-state index < -0.39 is 0 Å². The Hall–Kier alpha value is -1.31. The maximum atomic E-state index is 11.7. The van der Waals surface area contributed by atoms with Crippen molar-refractivity contribution in [3.05, 3.63) is 35.4 Å². The quantitative estimate of drug-likeness (QED) is 0.375. The fraction of sp³-hybridized carbons (Fsp3) is 0.579. The van der Waals surface area contributed by atoms with Crippen LogP contribution in [0.15, 0.2) is 29.3 Å². The molecule has 0 aromatic heterocycles. The minimum absolute atomic E-state index is 0. The smallest absolute Gasteiger partial charge is 0.222 e. The number of aliphatic imine (C=N–C) groups is 1. The van der Waals surface area contributed by atoms with Crippen LogP contribution in [0.25, 0.3) is 0 Å². The summed E-state index contributed by atoms with van der Waals surface area (Å²) >= 11 is 0. The SMILES string of the molecule is CCNC(=NCc1ccc(CN2CCCC2=O)cc1)NC(C)CC.I. The van der Waals surface area contributed by atoms with Gasteiger partial charge in [0, 0.05) is 32.1 Å². The molecule has 1 aromatic carbocycles. The second-order valence-corrected chi connectivity index (χ2v) is 6.38. The highest BCUT2D eigenvalue weighted by molar-refractivity contribution is 14.0. The molecule has 1 saturated heterocycles. The number of nitrogens with zero attached hydrogens (tertiary/aromatic N) is 2. The van der Waals surface area contributed by atoms with E-state index in [4.69, 9.17) is 0 Å². The van der Waals surface area contributed by atoms with E-state index >= 15 is 0 Å². The molecule has 0 spiro atoms. The lowest BCUT2D eigenvalue weighted by Crippen LogP contribution is -2.41. The lowest BCUT2D eigenvalue weighted by Gasteiger charge is -2.16. The number of carbonyl (C=O) groups excluding carboxylic acids is 1. The van der Waals surface area contributed by atoms with Crippen LogP contribution in [0.4, 0.5) is 0 Å². The Morgan fingerprint density at radius 2 is 1.92 bits per heavy atom. The number of hydrogen-bond donors (Lipinski definition) is 2. The van der Waals surface area contributed by atoms with Crippen LogP contribution in [0.1, 0.15) is 51.2 Å². The molecule has 1 unspecified atom stereocenters. The summed E-state index contributed by atoms with van der Waals surface area (Å²) in [5.74, 6) is 1.13. The molecule has 1 atom stereocenters. The van der Waals surface area contributed by atoms with Gasteiger partial charge in [0.1, 0.15) is 0 Å². The summed E-state index contributed by atoms with van der Waals surface area (Å²) in [6, 6.07) is 8.82. The first-order chi connectivity index (χ1) is 11.6. The number of benzene rings is 1. The first kappa shape index (κ1) is 21.7. The van der Waals surface area contributed by atoms with Gasteiger partial charge in [0.15, 0.2) is 5.96 Å². The van der Waals surface area contributed by atoms with Crippen molar-refractivity contribution in [3.8, 4) is 0 Å². The third-order valence-electron chi connectivity index (χ3n) is 4.33. The number of rotatable bonds is 7. The average Bonchev–Trinajstić information content (AvgIpc) is 2.99. The highest BCUT2D eigenvalue weighted by Crippen LogP contribution is 2.15. The molecular weight excluding hydrogens is 427 g/mol. The summed E-state index contributed by atoms with van der Waals surface area (Å²) in [6.07, 6.45) is 2.75. The number of amides is 1. The van der Waals surface area contributed by atoms with E-state index in [9.17, 15) is 4.79 Å². The Bertz CT molecular complexity index is 559. The number of nitrogens with one attached hydrogen (secondary N) is 2. The van der Waals surface area contributed by atoms with Crippen LogP contribution in [-0.4, -0.2) is 35.9 Å². The number of halogens is 1. The normalized spacial score (nSPS) is 15.7. The van der Waals surface area contributed by atoms with Gasteiger partial charge < -0.3 is 15.5 Å². The van der Waals surface area contributed by atoms with E-state index in [0.29, 0.717) is 19.0 Å². The standard InChI is InChI=1S/C19H30N4O.HI/c1-4-15(3)22-19(20-5-2)21-13-16-8-10-17(11-9-16)14-23-12-6-7-18(23)24;/h8-11,15H,4-7,12-14H2,1-3H3,(H2,20,21,22);1H. The maximum absolute atomic E-state index is 11.7. The summed E-state index contributed by atoms with van der Waals surface area (Å²) in [4.78, 5) is 18.3. The van der Waals surface area contributed by atoms with Crippen molar-refractivity contribution >= 4 is 35.8 Å². The fourth-order valence-electron chi connectivity index (χ4n) is 2.67. The first-order valence-corrected chi connectivity index (χ1v) is 9.02. The Kier molecular flexibility index (Phi) is 9.85.